The number of hydrogen-bond acceptors (Lipinski definition) is 7. The lowest BCUT2D eigenvalue weighted by Crippen LogP contribution is -2.39. The smallest absolute Gasteiger partial charge is 0.271 e. The number of thiazole rings is 1. The lowest BCUT2D eigenvalue weighted by molar-refractivity contribution is -0.114. The van der Waals surface area contributed by atoms with Gasteiger partial charge in [-0.1, -0.05) is 23.5 Å². The van der Waals surface area contributed by atoms with Crippen LogP contribution in [0.25, 0.3) is 6.08 Å². The number of methoxy groups -OCH3 is 3. The van der Waals surface area contributed by atoms with Gasteiger partial charge < -0.3 is 14.2 Å². The Labute approximate surface area is 194 Å². The SMILES string of the molecule is COc1ccc(C2C(C(C)=O)=C(C)N=c3s/c(=C/c4ccc(OC)cc4OC)c(=O)n32)cc1. The number of carbonyl (C=O) groups excluding carboxylic acids is 1. The van der Waals surface area contributed by atoms with Crippen molar-refractivity contribution in [2.24, 2.45) is 4.99 Å². The van der Waals surface area contributed by atoms with Gasteiger partial charge in [0.15, 0.2) is 10.6 Å². The molecule has 1 aromatic heterocycles. The third-order valence-electron chi connectivity index (χ3n) is 5.56. The van der Waals surface area contributed by atoms with Crippen LogP contribution in [0.3, 0.4) is 0 Å². The Kier molecular flexibility index (Phi) is 6.20. The molecule has 3 aromatic rings. The zero-order valence-electron chi connectivity index (χ0n) is 19.0. The van der Waals surface area contributed by atoms with Gasteiger partial charge in [0.05, 0.1) is 31.9 Å². The fourth-order valence-electron chi connectivity index (χ4n) is 3.95. The Hall–Kier alpha value is -3.65. The van der Waals surface area contributed by atoms with Crippen molar-refractivity contribution in [2.75, 3.05) is 21.3 Å². The highest BCUT2D eigenvalue weighted by molar-refractivity contribution is 7.07. The molecule has 2 heterocycles. The second-order valence-corrected chi connectivity index (χ2v) is 8.53. The molecule has 1 aliphatic heterocycles. The van der Waals surface area contributed by atoms with E-state index in [1.54, 1.807) is 45.0 Å². The third-order valence-corrected chi connectivity index (χ3v) is 6.54. The highest BCUT2D eigenvalue weighted by atomic mass is 32.1. The Balaban J connectivity index is 1.94. The monoisotopic (exact) mass is 464 g/mol. The number of hydrogen-bond donors (Lipinski definition) is 0. The number of benzene rings is 2. The first-order valence-corrected chi connectivity index (χ1v) is 11.1. The number of allylic oxidation sites excluding steroid dienone is 2. The minimum Gasteiger partial charge on any atom is -0.497 e. The molecule has 0 amide bonds. The van der Waals surface area contributed by atoms with Gasteiger partial charge in [-0.15, -0.1) is 0 Å². The standard InChI is InChI=1S/C25H24N2O5S/c1-14-22(15(2)28)23(16-6-9-18(30-3)10-7-16)27-24(29)21(33-25(27)26-14)12-17-8-11-19(31-4)13-20(17)32-5/h6-13,23H,1-5H3/b21-12+. The first-order valence-electron chi connectivity index (χ1n) is 10.3. The van der Waals surface area contributed by atoms with E-state index in [1.807, 2.05) is 36.4 Å². The maximum Gasteiger partial charge on any atom is 0.271 e. The van der Waals surface area contributed by atoms with Gasteiger partial charge in [0, 0.05) is 22.9 Å². The van der Waals surface area contributed by atoms with Crippen molar-refractivity contribution in [3.8, 4) is 17.2 Å². The molecule has 1 atom stereocenters. The number of ketones is 1. The van der Waals surface area contributed by atoms with Crippen LogP contribution >= 0.6 is 11.3 Å². The molecule has 0 spiro atoms. The largest absolute Gasteiger partial charge is 0.497 e. The highest BCUT2D eigenvalue weighted by Crippen LogP contribution is 2.31. The summed E-state index contributed by atoms with van der Waals surface area (Å²) in [5.74, 6) is 1.82. The van der Waals surface area contributed by atoms with E-state index in [9.17, 15) is 9.59 Å². The van der Waals surface area contributed by atoms with Gasteiger partial charge in [0.1, 0.15) is 17.2 Å². The van der Waals surface area contributed by atoms with Crippen LogP contribution < -0.4 is 29.1 Å². The number of ether oxygens (including phenoxy) is 3. The van der Waals surface area contributed by atoms with E-state index in [-0.39, 0.29) is 11.3 Å². The Morgan fingerprint density at radius 1 is 1.03 bits per heavy atom. The second-order valence-electron chi connectivity index (χ2n) is 7.52. The first kappa shape index (κ1) is 22.5. The van der Waals surface area contributed by atoms with E-state index in [1.165, 1.54) is 18.3 Å². The third kappa shape index (κ3) is 4.09. The molecule has 0 N–H and O–H groups in total. The zero-order valence-corrected chi connectivity index (χ0v) is 19.9. The number of Topliss-reactive ketones (excluding diaryl/α,β-unsaturated/α-hetero) is 1. The van der Waals surface area contributed by atoms with Crippen LogP contribution in [0.4, 0.5) is 0 Å². The fourth-order valence-corrected chi connectivity index (χ4v) is 4.99. The van der Waals surface area contributed by atoms with Crippen molar-refractivity contribution in [3.05, 3.63) is 84.5 Å². The Morgan fingerprint density at radius 3 is 2.30 bits per heavy atom. The molecule has 2 aromatic carbocycles. The van der Waals surface area contributed by atoms with E-state index < -0.39 is 6.04 Å². The summed E-state index contributed by atoms with van der Waals surface area (Å²) in [5, 5.41) is 0. The lowest BCUT2D eigenvalue weighted by atomic mass is 9.93. The van der Waals surface area contributed by atoms with Gasteiger partial charge in [-0.05, 0) is 49.8 Å². The summed E-state index contributed by atoms with van der Waals surface area (Å²) in [6, 6.07) is 12.2. The van der Waals surface area contributed by atoms with Crippen LogP contribution in [0.2, 0.25) is 0 Å². The van der Waals surface area contributed by atoms with Crippen molar-refractivity contribution in [1.82, 2.24) is 4.57 Å². The molecule has 0 radical (unpaired) electrons. The minimum atomic E-state index is -0.565. The van der Waals surface area contributed by atoms with Crippen LogP contribution in [0.1, 0.15) is 31.0 Å². The molecule has 8 heteroatoms. The van der Waals surface area contributed by atoms with Gasteiger partial charge in [-0.25, -0.2) is 4.99 Å². The van der Waals surface area contributed by atoms with Gasteiger partial charge in [0.25, 0.3) is 5.56 Å². The maximum atomic E-state index is 13.6. The van der Waals surface area contributed by atoms with E-state index in [2.05, 4.69) is 4.99 Å². The summed E-state index contributed by atoms with van der Waals surface area (Å²) < 4.78 is 18.1. The summed E-state index contributed by atoms with van der Waals surface area (Å²) in [7, 11) is 4.75. The van der Waals surface area contributed by atoms with Crippen LogP contribution in [0.15, 0.2) is 63.5 Å². The van der Waals surface area contributed by atoms with Crippen molar-refractivity contribution in [1.29, 1.82) is 0 Å². The molecule has 0 saturated carbocycles. The molecule has 7 nitrogen and oxygen atoms in total. The second kappa shape index (κ2) is 9.07. The van der Waals surface area contributed by atoms with Gasteiger partial charge in [-0.3, -0.25) is 14.2 Å². The van der Waals surface area contributed by atoms with Crippen molar-refractivity contribution in [2.45, 2.75) is 19.9 Å². The summed E-state index contributed by atoms with van der Waals surface area (Å²) in [6.45, 7) is 3.30. The normalized spacial score (nSPS) is 15.7. The first-order chi connectivity index (χ1) is 15.9. The molecule has 0 bridgehead atoms. The summed E-state index contributed by atoms with van der Waals surface area (Å²) in [4.78, 5) is 31.3. The summed E-state index contributed by atoms with van der Waals surface area (Å²) in [6.07, 6.45) is 1.78. The fraction of sp³-hybridized carbons (Fsp3) is 0.240. The van der Waals surface area contributed by atoms with Crippen LogP contribution in [0.5, 0.6) is 17.2 Å². The molecular weight excluding hydrogens is 440 g/mol. The van der Waals surface area contributed by atoms with E-state index >= 15 is 0 Å². The quantitative estimate of drug-likeness (QED) is 0.561. The van der Waals surface area contributed by atoms with Crippen LogP contribution in [-0.4, -0.2) is 31.7 Å². The molecule has 33 heavy (non-hydrogen) atoms. The van der Waals surface area contributed by atoms with E-state index in [4.69, 9.17) is 14.2 Å². The topological polar surface area (TPSA) is 79.1 Å². The van der Waals surface area contributed by atoms with Crippen LogP contribution in [0, 0.1) is 0 Å². The molecule has 1 aliphatic rings. The highest BCUT2D eigenvalue weighted by Gasteiger charge is 2.30. The van der Waals surface area contributed by atoms with Gasteiger partial charge in [0.2, 0.25) is 0 Å². The zero-order chi connectivity index (χ0) is 23.7. The van der Waals surface area contributed by atoms with Gasteiger partial charge in [-0.2, -0.15) is 0 Å². The Bertz CT molecular complexity index is 1430. The number of fused-ring (bicyclic) bond motifs is 1. The summed E-state index contributed by atoms with van der Waals surface area (Å²) >= 11 is 1.28. The van der Waals surface area contributed by atoms with Gasteiger partial charge >= 0.3 is 0 Å². The van der Waals surface area contributed by atoms with E-state index in [0.29, 0.717) is 37.9 Å². The van der Waals surface area contributed by atoms with Crippen molar-refractivity contribution in [3.63, 3.8) is 0 Å². The molecule has 1 unspecified atom stereocenters. The predicted octanol–water partition coefficient (Wildman–Crippen LogP) is 2.85. The predicted molar refractivity (Wildman–Crippen MR) is 127 cm³/mol. The molecule has 0 fully saturated rings. The van der Waals surface area contributed by atoms with Crippen molar-refractivity contribution >= 4 is 23.2 Å². The number of aromatic nitrogens is 1. The average Bonchev–Trinajstić information content (AvgIpc) is 3.12. The molecule has 4 rings (SSSR count). The number of nitrogens with zero attached hydrogens (tertiary/aromatic N) is 2. The Morgan fingerprint density at radius 2 is 1.70 bits per heavy atom. The molecule has 0 aliphatic carbocycles. The van der Waals surface area contributed by atoms with E-state index in [0.717, 1.165) is 11.1 Å². The van der Waals surface area contributed by atoms with Crippen molar-refractivity contribution < 1.29 is 19.0 Å². The number of carbonyl (C=O) groups is 1. The molecule has 170 valence electrons. The lowest BCUT2D eigenvalue weighted by Gasteiger charge is -2.24. The average molecular weight is 465 g/mol. The summed E-state index contributed by atoms with van der Waals surface area (Å²) in [5.41, 5.74) is 2.44. The maximum absolute atomic E-state index is 13.6. The molecule has 0 saturated heterocycles. The molecular formula is C25H24N2O5S. The number of rotatable bonds is 6. The van der Waals surface area contributed by atoms with Crippen LogP contribution in [-0.2, 0) is 4.79 Å². The minimum absolute atomic E-state index is 0.122.